The Kier molecular flexibility index (Phi) is 10.2. The van der Waals surface area contributed by atoms with Gasteiger partial charge in [0.1, 0.15) is 6.61 Å². The second kappa shape index (κ2) is 14.5. The van der Waals surface area contributed by atoms with Crippen LogP contribution in [0.5, 0.6) is 23.0 Å². The van der Waals surface area contributed by atoms with Gasteiger partial charge in [-0.25, -0.2) is 9.79 Å². The number of nitriles is 1. The number of ether oxygens (including phenoxy) is 5. The van der Waals surface area contributed by atoms with E-state index < -0.39 is 12.0 Å². The summed E-state index contributed by atoms with van der Waals surface area (Å²) < 4.78 is 30.8. The first-order valence-electron chi connectivity index (χ1n) is 14.3. The number of carbonyl (C=O) groups excluding carboxylic acids is 1. The van der Waals surface area contributed by atoms with E-state index in [1.165, 1.54) is 36.3 Å². The average Bonchev–Trinajstić information content (AvgIpc) is 3.39. The smallest absolute Gasteiger partial charge is 0.337 e. The number of fused-ring (bicyclic) bond motifs is 1. The van der Waals surface area contributed by atoms with Crippen molar-refractivity contribution in [2.24, 2.45) is 4.99 Å². The highest BCUT2D eigenvalue weighted by Crippen LogP contribution is 2.36. The molecule has 0 fully saturated rings. The fraction of sp³-hybridized carbons (Fsp3) is 0.235. The Morgan fingerprint density at radius 2 is 1.76 bits per heavy atom. The molecule has 0 aliphatic carbocycles. The van der Waals surface area contributed by atoms with Gasteiger partial charge in [0.15, 0.2) is 27.8 Å². The van der Waals surface area contributed by atoms with Crippen molar-refractivity contribution in [3.63, 3.8) is 0 Å². The molecule has 236 valence electrons. The number of methoxy groups -OCH3 is 2. The fourth-order valence-corrected chi connectivity index (χ4v) is 6.37. The third kappa shape index (κ3) is 6.56. The molecule has 1 aromatic heterocycles. The van der Waals surface area contributed by atoms with Gasteiger partial charge in [-0.15, -0.1) is 0 Å². The van der Waals surface area contributed by atoms with Crippen molar-refractivity contribution in [2.45, 2.75) is 26.5 Å². The maximum Gasteiger partial charge on any atom is 0.337 e. The van der Waals surface area contributed by atoms with Crippen molar-refractivity contribution >= 4 is 39.3 Å². The molecular formula is C34H30BrN3O7S. The van der Waals surface area contributed by atoms with Crippen LogP contribution >= 0.6 is 27.3 Å². The molecule has 5 rings (SSSR count). The molecule has 1 aliphatic rings. The largest absolute Gasteiger partial charge is 0.493 e. The SMILES string of the molecule is CCOc1ccc([C@H]2C(C(=O)OC)=CN=c3s/c(=C\c4cc(OC)c(OCc5ccccc5C#N)cc4Br)c(=O)n32)cc1OCC. The van der Waals surface area contributed by atoms with Crippen LogP contribution < -0.4 is 33.8 Å². The number of esters is 1. The first-order chi connectivity index (χ1) is 22.3. The van der Waals surface area contributed by atoms with Crippen molar-refractivity contribution in [3.05, 3.63) is 113 Å². The zero-order chi connectivity index (χ0) is 32.8. The van der Waals surface area contributed by atoms with E-state index in [0.717, 1.165) is 5.56 Å². The molecule has 12 heteroatoms. The number of nitrogens with zero attached hydrogens (tertiary/aromatic N) is 3. The Morgan fingerprint density at radius 3 is 2.48 bits per heavy atom. The number of benzene rings is 3. The molecule has 0 N–H and O–H groups in total. The van der Waals surface area contributed by atoms with E-state index in [1.807, 2.05) is 26.0 Å². The number of halogens is 1. The number of thiazole rings is 1. The minimum atomic E-state index is -0.814. The van der Waals surface area contributed by atoms with Gasteiger partial charge in [-0.05, 0) is 61.4 Å². The second-order valence-electron chi connectivity index (χ2n) is 9.83. The van der Waals surface area contributed by atoms with Crippen LogP contribution in [0.3, 0.4) is 0 Å². The van der Waals surface area contributed by atoms with Crippen LogP contribution in [0.25, 0.3) is 6.08 Å². The van der Waals surface area contributed by atoms with Gasteiger partial charge in [0.05, 0.1) is 55.2 Å². The zero-order valence-electron chi connectivity index (χ0n) is 25.5. The van der Waals surface area contributed by atoms with Gasteiger partial charge in [0.25, 0.3) is 5.56 Å². The molecule has 3 aromatic carbocycles. The van der Waals surface area contributed by atoms with Gasteiger partial charge in [-0.3, -0.25) is 9.36 Å². The predicted octanol–water partition coefficient (Wildman–Crippen LogP) is 5.04. The highest BCUT2D eigenvalue weighted by atomic mass is 79.9. The lowest BCUT2D eigenvalue weighted by atomic mass is 9.97. The Balaban J connectivity index is 1.57. The first kappa shape index (κ1) is 32.5. The van der Waals surface area contributed by atoms with Crippen LogP contribution in [0.15, 0.2) is 80.6 Å². The van der Waals surface area contributed by atoms with Crippen LogP contribution in [0.2, 0.25) is 0 Å². The molecule has 1 aliphatic heterocycles. The molecule has 0 amide bonds. The molecular weight excluding hydrogens is 674 g/mol. The number of hydrogen-bond acceptors (Lipinski definition) is 10. The van der Waals surface area contributed by atoms with E-state index in [4.69, 9.17) is 23.7 Å². The fourth-order valence-electron chi connectivity index (χ4n) is 4.97. The van der Waals surface area contributed by atoms with E-state index in [-0.39, 0.29) is 17.7 Å². The summed E-state index contributed by atoms with van der Waals surface area (Å²) in [5.41, 5.74) is 2.43. The van der Waals surface area contributed by atoms with Crippen LogP contribution in [0, 0.1) is 11.3 Å². The topological polar surface area (TPSA) is 121 Å². The Labute approximate surface area is 277 Å². The molecule has 0 saturated carbocycles. The standard InChI is InChI=1S/C34H30BrN3O7S/c1-5-43-26-12-11-20(13-28(26)44-6-2)31-24(33(40)42-4)18-37-34-38(31)32(39)30(46-34)15-23-14-27(41-3)29(16-25(23)35)45-19-22-10-8-7-9-21(22)17-36/h7-16,18,31H,5-6,19H2,1-4H3/b30-15-/t31-/m0/s1. The van der Waals surface area contributed by atoms with Crippen molar-refractivity contribution in [1.29, 1.82) is 5.26 Å². The second-order valence-corrected chi connectivity index (χ2v) is 11.7. The van der Waals surface area contributed by atoms with Crippen molar-refractivity contribution < 1.29 is 28.5 Å². The summed E-state index contributed by atoms with van der Waals surface area (Å²) >= 11 is 4.80. The monoisotopic (exact) mass is 703 g/mol. The van der Waals surface area contributed by atoms with Crippen molar-refractivity contribution in [2.75, 3.05) is 27.4 Å². The van der Waals surface area contributed by atoms with Gasteiger partial charge >= 0.3 is 5.97 Å². The summed E-state index contributed by atoms with van der Waals surface area (Å²) in [7, 11) is 2.81. The Hall–Kier alpha value is -4.86. The summed E-state index contributed by atoms with van der Waals surface area (Å²) in [6, 6.07) is 17.4. The minimum Gasteiger partial charge on any atom is -0.493 e. The molecule has 46 heavy (non-hydrogen) atoms. The highest BCUT2D eigenvalue weighted by molar-refractivity contribution is 9.10. The van der Waals surface area contributed by atoms with Crippen LogP contribution in [-0.2, 0) is 16.1 Å². The third-order valence-corrected chi connectivity index (χ3v) is 8.78. The van der Waals surface area contributed by atoms with E-state index in [0.29, 0.717) is 66.7 Å². The summed E-state index contributed by atoms with van der Waals surface area (Å²) in [5, 5.41) is 9.41. The molecule has 0 spiro atoms. The summed E-state index contributed by atoms with van der Waals surface area (Å²) in [4.78, 5) is 31.8. The van der Waals surface area contributed by atoms with Crippen LogP contribution in [0.4, 0.5) is 0 Å². The Bertz CT molecular complexity index is 2040. The number of rotatable bonds is 11. The van der Waals surface area contributed by atoms with Crippen LogP contribution in [0.1, 0.15) is 42.1 Å². The summed E-state index contributed by atoms with van der Waals surface area (Å²) in [5.74, 6) is 1.36. The van der Waals surface area contributed by atoms with E-state index in [2.05, 4.69) is 27.0 Å². The lowest BCUT2D eigenvalue weighted by Crippen LogP contribution is -2.39. The number of aromatic nitrogens is 1. The lowest BCUT2D eigenvalue weighted by Gasteiger charge is -2.23. The van der Waals surface area contributed by atoms with Gasteiger partial charge in [-0.2, -0.15) is 5.26 Å². The van der Waals surface area contributed by atoms with E-state index in [9.17, 15) is 14.9 Å². The zero-order valence-corrected chi connectivity index (χ0v) is 27.9. The molecule has 0 bridgehead atoms. The van der Waals surface area contributed by atoms with E-state index in [1.54, 1.807) is 48.5 Å². The Morgan fingerprint density at radius 1 is 1.02 bits per heavy atom. The van der Waals surface area contributed by atoms with Crippen molar-refractivity contribution in [1.82, 2.24) is 4.57 Å². The lowest BCUT2D eigenvalue weighted by molar-refractivity contribution is -0.136. The third-order valence-electron chi connectivity index (χ3n) is 7.10. The molecule has 0 radical (unpaired) electrons. The summed E-state index contributed by atoms with van der Waals surface area (Å²) in [6.07, 6.45) is 3.17. The molecule has 0 unspecified atom stereocenters. The quantitative estimate of drug-likeness (QED) is 0.199. The normalized spacial score (nSPS) is 14.0. The maximum atomic E-state index is 14.0. The molecule has 1 atom stereocenters. The molecule has 10 nitrogen and oxygen atoms in total. The first-order valence-corrected chi connectivity index (χ1v) is 15.9. The van der Waals surface area contributed by atoms with Crippen LogP contribution in [-0.4, -0.2) is 38.0 Å². The van der Waals surface area contributed by atoms with Gasteiger partial charge in [0.2, 0.25) is 0 Å². The predicted molar refractivity (Wildman–Crippen MR) is 176 cm³/mol. The van der Waals surface area contributed by atoms with Gasteiger partial charge in [-0.1, -0.05) is 51.5 Å². The highest BCUT2D eigenvalue weighted by Gasteiger charge is 2.31. The molecule has 0 saturated heterocycles. The molecule has 2 heterocycles. The molecule has 4 aromatic rings. The number of hydrogen-bond donors (Lipinski definition) is 0. The maximum absolute atomic E-state index is 14.0. The minimum absolute atomic E-state index is 0.170. The average molecular weight is 705 g/mol. The number of carbonyl (C=O) groups is 1. The van der Waals surface area contributed by atoms with Gasteiger partial charge in [0, 0.05) is 16.2 Å². The summed E-state index contributed by atoms with van der Waals surface area (Å²) in [6.45, 7) is 4.77. The van der Waals surface area contributed by atoms with Gasteiger partial charge < -0.3 is 23.7 Å². The van der Waals surface area contributed by atoms with E-state index >= 15 is 0 Å². The van der Waals surface area contributed by atoms with Crippen molar-refractivity contribution in [3.8, 4) is 29.1 Å².